The Morgan fingerprint density at radius 3 is 2.70 bits per heavy atom. The van der Waals surface area contributed by atoms with Gasteiger partial charge in [0.05, 0.1) is 18.6 Å². The highest BCUT2D eigenvalue weighted by atomic mass is 16.5. The molecule has 0 aliphatic carbocycles. The molecule has 1 heterocycles. The molecule has 5 heteroatoms. The van der Waals surface area contributed by atoms with E-state index in [9.17, 15) is 9.59 Å². The number of benzene rings is 1. The van der Waals surface area contributed by atoms with E-state index in [1.54, 1.807) is 19.9 Å². The highest BCUT2D eigenvalue weighted by Crippen LogP contribution is 2.21. The number of hydrogen-bond donors (Lipinski definition) is 2. The number of aliphatic carboxylic acids is 1. The molecule has 0 atom stereocenters. The van der Waals surface area contributed by atoms with Crippen LogP contribution in [0.5, 0.6) is 0 Å². The molecule has 0 saturated carbocycles. The third kappa shape index (κ3) is 3.17. The molecule has 20 heavy (non-hydrogen) atoms. The van der Waals surface area contributed by atoms with Gasteiger partial charge in [-0.05, 0) is 43.5 Å². The van der Waals surface area contributed by atoms with E-state index in [0.29, 0.717) is 31.7 Å². The van der Waals surface area contributed by atoms with E-state index < -0.39 is 11.4 Å². The average Bonchev–Trinajstić information content (AvgIpc) is 2.85. The summed E-state index contributed by atoms with van der Waals surface area (Å²) in [4.78, 5) is 23.0. The number of carbonyl (C=O) groups excluding carboxylic acids is 1. The van der Waals surface area contributed by atoms with Gasteiger partial charge in [-0.15, -0.1) is 0 Å². The van der Waals surface area contributed by atoms with Crippen molar-refractivity contribution in [1.82, 2.24) is 5.32 Å². The molecule has 1 aliphatic heterocycles. The summed E-state index contributed by atoms with van der Waals surface area (Å²) >= 11 is 0. The molecule has 0 fully saturated rings. The summed E-state index contributed by atoms with van der Waals surface area (Å²) in [5, 5.41) is 11.8. The minimum atomic E-state index is -0.860. The molecule has 5 nitrogen and oxygen atoms in total. The van der Waals surface area contributed by atoms with Crippen LogP contribution in [0.25, 0.3) is 0 Å². The molecule has 2 rings (SSSR count). The van der Waals surface area contributed by atoms with E-state index in [0.717, 1.165) is 11.1 Å². The zero-order valence-electron chi connectivity index (χ0n) is 11.7. The first kappa shape index (κ1) is 14.5. The number of carboxylic acids is 1. The second-order valence-corrected chi connectivity index (χ2v) is 5.67. The summed E-state index contributed by atoms with van der Waals surface area (Å²) in [6, 6.07) is 5.50. The van der Waals surface area contributed by atoms with Crippen molar-refractivity contribution in [3.63, 3.8) is 0 Å². The van der Waals surface area contributed by atoms with Crippen molar-refractivity contribution in [3.05, 3.63) is 34.9 Å². The predicted octanol–water partition coefficient (Wildman–Crippen LogP) is 1.95. The van der Waals surface area contributed by atoms with Gasteiger partial charge in [-0.1, -0.05) is 6.07 Å². The highest BCUT2D eigenvalue weighted by molar-refractivity contribution is 5.94. The Kier molecular flexibility index (Phi) is 4.09. The van der Waals surface area contributed by atoms with E-state index in [2.05, 4.69) is 5.32 Å². The molecule has 1 amide bonds. The molecule has 0 aromatic heterocycles. The predicted molar refractivity (Wildman–Crippen MR) is 73.3 cm³/mol. The molecule has 0 unspecified atom stereocenters. The van der Waals surface area contributed by atoms with Crippen molar-refractivity contribution in [2.45, 2.75) is 33.5 Å². The quantitative estimate of drug-likeness (QED) is 0.862. The van der Waals surface area contributed by atoms with E-state index in [-0.39, 0.29) is 5.91 Å². The van der Waals surface area contributed by atoms with Crippen LogP contribution in [-0.2, 0) is 22.7 Å². The Balaban J connectivity index is 1.91. The van der Waals surface area contributed by atoms with Gasteiger partial charge in [0.15, 0.2) is 0 Å². The van der Waals surface area contributed by atoms with Crippen LogP contribution in [0, 0.1) is 5.41 Å². The topological polar surface area (TPSA) is 75.6 Å². The molecule has 2 N–H and O–H groups in total. The summed E-state index contributed by atoms with van der Waals surface area (Å²) in [6.45, 7) is 4.78. The van der Waals surface area contributed by atoms with Gasteiger partial charge < -0.3 is 15.2 Å². The molecule has 0 radical (unpaired) electrons. The van der Waals surface area contributed by atoms with Crippen LogP contribution in [-0.4, -0.2) is 23.5 Å². The van der Waals surface area contributed by atoms with E-state index in [4.69, 9.17) is 9.84 Å². The van der Waals surface area contributed by atoms with Gasteiger partial charge in [-0.2, -0.15) is 0 Å². The number of carbonyl (C=O) groups is 2. The van der Waals surface area contributed by atoms with Crippen LogP contribution in [0.3, 0.4) is 0 Å². The lowest BCUT2D eigenvalue weighted by Crippen LogP contribution is -2.32. The lowest BCUT2D eigenvalue weighted by Gasteiger charge is -2.18. The van der Waals surface area contributed by atoms with Crippen LogP contribution >= 0.6 is 0 Å². The SMILES string of the molecule is CC(C)(CCNC(=O)c1ccc2c(c1)COC2)C(=O)O. The summed E-state index contributed by atoms with van der Waals surface area (Å²) in [7, 11) is 0. The molecule has 1 aromatic rings. The first-order valence-corrected chi connectivity index (χ1v) is 6.61. The second kappa shape index (κ2) is 5.63. The fraction of sp³-hybridized carbons (Fsp3) is 0.467. The number of amides is 1. The Morgan fingerprint density at radius 2 is 2.00 bits per heavy atom. The van der Waals surface area contributed by atoms with Gasteiger partial charge in [0.25, 0.3) is 5.91 Å². The molecule has 0 saturated heterocycles. The summed E-state index contributed by atoms with van der Waals surface area (Å²) in [5.41, 5.74) is 1.92. The van der Waals surface area contributed by atoms with Crippen LogP contribution in [0.1, 0.15) is 41.8 Å². The smallest absolute Gasteiger partial charge is 0.309 e. The van der Waals surface area contributed by atoms with Crippen molar-refractivity contribution in [1.29, 1.82) is 0 Å². The first-order chi connectivity index (χ1) is 9.40. The molecule has 0 bridgehead atoms. The van der Waals surface area contributed by atoms with Gasteiger partial charge in [0, 0.05) is 12.1 Å². The number of nitrogens with one attached hydrogen (secondary N) is 1. The van der Waals surface area contributed by atoms with Gasteiger partial charge in [-0.3, -0.25) is 9.59 Å². The van der Waals surface area contributed by atoms with E-state index >= 15 is 0 Å². The van der Waals surface area contributed by atoms with Gasteiger partial charge in [-0.25, -0.2) is 0 Å². The van der Waals surface area contributed by atoms with Crippen molar-refractivity contribution >= 4 is 11.9 Å². The number of fused-ring (bicyclic) bond motifs is 1. The number of rotatable bonds is 5. The zero-order valence-corrected chi connectivity index (χ0v) is 11.7. The Labute approximate surface area is 117 Å². The summed E-state index contributed by atoms with van der Waals surface area (Å²) in [5.74, 6) is -1.04. The van der Waals surface area contributed by atoms with Crippen LogP contribution in [0.2, 0.25) is 0 Å². The molecule has 1 aliphatic rings. The van der Waals surface area contributed by atoms with Crippen LogP contribution in [0.15, 0.2) is 18.2 Å². The maximum atomic E-state index is 12.0. The minimum absolute atomic E-state index is 0.180. The Bertz CT molecular complexity index is 537. The Morgan fingerprint density at radius 1 is 1.30 bits per heavy atom. The minimum Gasteiger partial charge on any atom is -0.481 e. The third-order valence-corrected chi connectivity index (χ3v) is 3.60. The second-order valence-electron chi connectivity index (χ2n) is 5.67. The summed E-state index contributed by atoms with van der Waals surface area (Å²) < 4.78 is 5.30. The lowest BCUT2D eigenvalue weighted by molar-refractivity contribution is -0.147. The molecule has 1 aromatic carbocycles. The monoisotopic (exact) mass is 277 g/mol. The Hall–Kier alpha value is -1.88. The van der Waals surface area contributed by atoms with Crippen molar-refractivity contribution in [2.75, 3.05) is 6.54 Å². The fourth-order valence-corrected chi connectivity index (χ4v) is 2.01. The van der Waals surface area contributed by atoms with Gasteiger partial charge in [0.1, 0.15) is 0 Å². The van der Waals surface area contributed by atoms with Crippen LogP contribution in [0.4, 0.5) is 0 Å². The maximum Gasteiger partial charge on any atom is 0.309 e. The summed E-state index contributed by atoms with van der Waals surface area (Å²) in [6.07, 6.45) is 0.391. The first-order valence-electron chi connectivity index (χ1n) is 6.61. The van der Waals surface area contributed by atoms with E-state index in [1.807, 2.05) is 12.1 Å². The standard InChI is InChI=1S/C15H19NO4/c1-15(2,14(18)19)5-6-16-13(17)10-3-4-11-8-20-9-12(11)7-10/h3-4,7H,5-6,8-9H2,1-2H3,(H,16,17)(H,18,19). The third-order valence-electron chi connectivity index (χ3n) is 3.60. The maximum absolute atomic E-state index is 12.0. The molecular weight excluding hydrogens is 258 g/mol. The fourth-order valence-electron chi connectivity index (χ4n) is 2.01. The number of ether oxygens (including phenoxy) is 1. The normalized spacial score (nSPS) is 13.9. The molecular formula is C15H19NO4. The lowest BCUT2D eigenvalue weighted by atomic mass is 9.89. The van der Waals surface area contributed by atoms with Gasteiger partial charge in [0.2, 0.25) is 0 Å². The number of carboxylic acid groups (broad SMARTS) is 1. The number of hydrogen-bond acceptors (Lipinski definition) is 3. The van der Waals surface area contributed by atoms with Crippen LogP contribution < -0.4 is 5.32 Å². The molecule has 0 spiro atoms. The molecule has 108 valence electrons. The van der Waals surface area contributed by atoms with Crippen molar-refractivity contribution in [2.24, 2.45) is 5.41 Å². The average molecular weight is 277 g/mol. The van der Waals surface area contributed by atoms with Gasteiger partial charge >= 0.3 is 5.97 Å². The van der Waals surface area contributed by atoms with Crippen molar-refractivity contribution < 1.29 is 19.4 Å². The van der Waals surface area contributed by atoms with Crippen molar-refractivity contribution in [3.8, 4) is 0 Å². The van der Waals surface area contributed by atoms with E-state index in [1.165, 1.54) is 0 Å². The zero-order chi connectivity index (χ0) is 14.8. The highest BCUT2D eigenvalue weighted by Gasteiger charge is 2.26. The largest absolute Gasteiger partial charge is 0.481 e.